The average molecular weight is 281 g/mol. The first-order chi connectivity index (χ1) is 8.93. The quantitative estimate of drug-likeness (QED) is 0.903. The van der Waals surface area contributed by atoms with Gasteiger partial charge in [0.25, 0.3) is 5.91 Å². The zero-order valence-corrected chi connectivity index (χ0v) is 11.9. The smallest absolute Gasteiger partial charge is 0.250 e. The maximum atomic E-state index is 12.5. The molecule has 4 nitrogen and oxygen atoms in total. The van der Waals surface area contributed by atoms with E-state index in [4.69, 9.17) is 11.6 Å². The van der Waals surface area contributed by atoms with Gasteiger partial charge in [-0.25, -0.2) is 0 Å². The van der Waals surface area contributed by atoms with E-state index in [0.717, 1.165) is 0 Å². The molecule has 1 aliphatic heterocycles. The van der Waals surface area contributed by atoms with Gasteiger partial charge in [0, 0.05) is 0 Å². The summed E-state index contributed by atoms with van der Waals surface area (Å²) in [4.78, 5) is 26.0. The molecule has 0 aliphatic carbocycles. The van der Waals surface area contributed by atoms with Gasteiger partial charge in [0.2, 0.25) is 5.91 Å². The highest BCUT2D eigenvalue weighted by Crippen LogP contribution is 2.30. The molecule has 19 heavy (non-hydrogen) atoms. The lowest BCUT2D eigenvalue weighted by atomic mass is 9.98. The molecule has 5 heteroatoms. The highest BCUT2D eigenvalue weighted by atomic mass is 35.5. The number of nitrogens with zero attached hydrogens (tertiary/aromatic N) is 1. The highest BCUT2D eigenvalue weighted by Gasteiger charge is 2.40. The Labute approximate surface area is 117 Å². The molecule has 1 aromatic carbocycles. The standard InChI is InChI=1S/C14H17ClN2O2/c1-8(2)12-14(19)17(9(3)13(18)16-12)11-7-5-4-6-10(11)15/h4-9,12H,1-3H3,(H,16,18). The Balaban J connectivity index is 2.44. The fourth-order valence-corrected chi connectivity index (χ4v) is 2.45. The van der Waals surface area contributed by atoms with Crippen molar-refractivity contribution in [1.82, 2.24) is 5.32 Å². The summed E-state index contributed by atoms with van der Waals surface area (Å²) in [6.07, 6.45) is 0. The SMILES string of the molecule is CC(C)C1NC(=O)C(C)N(c2ccccc2Cl)C1=O. The highest BCUT2D eigenvalue weighted by molar-refractivity contribution is 6.34. The van der Waals surface area contributed by atoms with Crippen molar-refractivity contribution >= 4 is 29.1 Å². The Morgan fingerprint density at radius 3 is 2.47 bits per heavy atom. The third-order valence-corrected chi connectivity index (χ3v) is 3.67. The number of anilines is 1. The number of carbonyl (C=O) groups excluding carboxylic acids is 2. The van der Waals surface area contributed by atoms with Gasteiger partial charge in [-0.15, -0.1) is 0 Å². The molecule has 0 radical (unpaired) electrons. The first kappa shape index (κ1) is 13.9. The van der Waals surface area contributed by atoms with Crippen molar-refractivity contribution < 1.29 is 9.59 Å². The zero-order valence-electron chi connectivity index (χ0n) is 11.2. The van der Waals surface area contributed by atoms with Crippen LogP contribution in [0.5, 0.6) is 0 Å². The summed E-state index contributed by atoms with van der Waals surface area (Å²) in [5.74, 6) is -0.234. The van der Waals surface area contributed by atoms with Crippen LogP contribution >= 0.6 is 11.6 Å². The van der Waals surface area contributed by atoms with Gasteiger partial charge in [-0.3, -0.25) is 14.5 Å². The van der Waals surface area contributed by atoms with Crippen molar-refractivity contribution in [3.05, 3.63) is 29.3 Å². The fraction of sp³-hybridized carbons (Fsp3) is 0.429. The maximum Gasteiger partial charge on any atom is 0.250 e. The molecule has 0 spiro atoms. The second-order valence-corrected chi connectivity index (χ2v) is 5.47. The van der Waals surface area contributed by atoms with Gasteiger partial charge < -0.3 is 5.32 Å². The Hall–Kier alpha value is -1.55. The third kappa shape index (κ3) is 2.45. The summed E-state index contributed by atoms with van der Waals surface area (Å²) in [6.45, 7) is 5.51. The molecule has 0 aromatic heterocycles. The van der Waals surface area contributed by atoms with E-state index in [1.807, 2.05) is 13.8 Å². The first-order valence-corrected chi connectivity index (χ1v) is 6.69. The predicted octanol–water partition coefficient (Wildman–Crippen LogP) is 2.22. The Bertz CT molecular complexity index is 516. The van der Waals surface area contributed by atoms with Crippen LogP contribution < -0.4 is 10.2 Å². The van der Waals surface area contributed by atoms with Gasteiger partial charge in [0.15, 0.2) is 0 Å². The molecule has 1 aliphatic rings. The molecule has 1 saturated heterocycles. The van der Waals surface area contributed by atoms with Gasteiger partial charge in [0.05, 0.1) is 10.7 Å². The molecule has 1 N–H and O–H groups in total. The molecule has 2 rings (SSSR count). The van der Waals surface area contributed by atoms with Crippen molar-refractivity contribution in [2.45, 2.75) is 32.9 Å². The van der Waals surface area contributed by atoms with Crippen LogP contribution in [0.1, 0.15) is 20.8 Å². The minimum Gasteiger partial charge on any atom is -0.342 e. The van der Waals surface area contributed by atoms with E-state index < -0.39 is 12.1 Å². The van der Waals surface area contributed by atoms with Gasteiger partial charge in [0.1, 0.15) is 12.1 Å². The first-order valence-electron chi connectivity index (χ1n) is 6.31. The summed E-state index contributed by atoms with van der Waals surface area (Å²) < 4.78 is 0. The summed E-state index contributed by atoms with van der Waals surface area (Å²) >= 11 is 6.14. The minimum atomic E-state index is -0.553. The second-order valence-electron chi connectivity index (χ2n) is 5.07. The molecule has 1 aromatic rings. The van der Waals surface area contributed by atoms with Crippen LogP contribution in [-0.2, 0) is 9.59 Å². The largest absolute Gasteiger partial charge is 0.342 e. The van der Waals surface area contributed by atoms with Crippen molar-refractivity contribution in [3.8, 4) is 0 Å². The zero-order chi connectivity index (χ0) is 14.2. The number of carbonyl (C=O) groups is 2. The topological polar surface area (TPSA) is 49.4 Å². The second kappa shape index (κ2) is 5.21. The molecular weight excluding hydrogens is 264 g/mol. The summed E-state index contributed by atoms with van der Waals surface area (Å²) in [5.41, 5.74) is 0.585. The molecule has 2 atom stereocenters. The molecular formula is C14H17ClN2O2. The molecule has 2 amide bonds. The number of hydrogen-bond acceptors (Lipinski definition) is 2. The third-order valence-electron chi connectivity index (χ3n) is 3.35. The lowest BCUT2D eigenvalue weighted by Crippen LogP contribution is -2.64. The van der Waals surface area contributed by atoms with Crippen LogP contribution in [0, 0.1) is 5.92 Å². The Kier molecular flexibility index (Phi) is 3.80. The summed E-state index contributed by atoms with van der Waals surface area (Å²) in [5, 5.41) is 3.23. The van der Waals surface area contributed by atoms with Crippen LogP contribution in [-0.4, -0.2) is 23.9 Å². The Morgan fingerprint density at radius 2 is 1.89 bits per heavy atom. The van der Waals surface area contributed by atoms with E-state index in [1.54, 1.807) is 31.2 Å². The number of hydrogen-bond donors (Lipinski definition) is 1. The molecule has 0 saturated carbocycles. The maximum absolute atomic E-state index is 12.5. The fourth-order valence-electron chi connectivity index (χ4n) is 2.22. The minimum absolute atomic E-state index is 0.0361. The molecule has 2 unspecified atom stereocenters. The summed E-state index contributed by atoms with van der Waals surface area (Å²) in [6, 6.07) is 6.02. The molecule has 102 valence electrons. The van der Waals surface area contributed by atoms with Crippen LogP contribution in [0.15, 0.2) is 24.3 Å². The van der Waals surface area contributed by atoms with E-state index in [1.165, 1.54) is 4.90 Å². The number of nitrogens with one attached hydrogen (secondary N) is 1. The van der Waals surface area contributed by atoms with Crippen molar-refractivity contribution in [2.24, 2.45) is 5.92 Å². The number of halogens is 1. The van der Waals surface area contributed by atoms with Gasteiger partial charge in [-0.2, -0.15) is 0 Å². The lowest BCUT2D eigenvalue weighted by Gasteiger charge is -2.39. The van der Waals surface area contributed by atoms with E-state index in [0.29, 0.717) is 10.7 Å². The van der Waals surface area contributed by atoms with Crippen LogP contribution in [0.25, 0.3) is 0 Å². The monoisotopic (exact) mass is 280 g/mol. The average Bonchev–Trinajstić information content (AvgIpc) is 2.36. The summed E-state index contributed by atoms with van der Waals surface area (Å²) in [7, 11) is 0. The van der Waals surface area contributed by atoms with E-state index >= 15 is 0 Å². The van der Waals surface area contributed by atoms with Crippen molar-refractivity contribution in [1.29, 1.82) is 0 Å². The van der Waals surface area contributed by atoms with Gasteiger partial charge in [-0.05, 0) is 25.0 Å². The van der Waals surface area contributed by atoms with Crippen LogP contribution in [0.3, 0.4) is 0 Å². The lowest BCUT2D eigenvalue weighted by molar-refractivity contribution is -0.134. The van der Waals surface area contributed by atoms with Crippen LogP contribution in [0.4, 0.5) is 5.69 Å². The predicted molar refractivity (Wildman–Crippen MR) is 75.2 cm³/mol. The van der Waals surface area contributed by atoms with E-state index in [-0.39, 0.29) is 17.7 Å². The van der Waals surface area contributed by atoms with Gasteiger partial charge >= 0.3 is 0 Å². The van der Waals surface area contributed by atoms with Gasteiger partial charge in [-0.1, -0.05) is 37.6 Å². The van der Waals surface area contributed by atoms with Crippen molar-refractivity contribution in [2.75, 3.05) is 4.90 Å². The van der Waals surface area contributed by atoms with Crippen molar-refractivity contribution in [3.63, 3.8) is 0 Å². The number of rotatable bonds is 2. The number of piperazine rings is 1. The molecule has 0 bridgehead atoms. The van der Waals surface area contributed by atoms with Crippen LogP contribution in [0.2, 0.25) is 5.02 Å². The number of benzene rings is 1. The normalized spacial score (nSPS) is 23.7. The van der Waals surface area contributed by atoms with E-state index in [2.05, 4.69) is 5.32 Å². The molecule has 1 fully saturated rings. The molecule has 1 heterocycles. The van der Waals surface area contributed by atoms with E-state index in [9.17, 15) is 9.59 Å². The Morgan fingerprint density at radius 1 is 1.26 bits per heavy atom. The number of para-hydroxylation sites is 1. The number of amides is 2.